The van der Waals surface area contributed by atoms with Gasteiger partial charge in [0.15, 0.2) is 6.10 Å². The SMILES string of the molecule is CCCCCCN=C1Nc2ccc(N)cc2OC1CC. The molecule has 4 heteroatoms. The van der Waals surface area contributed by atoms with Crippen molar-refractivity contribution in [2.24, 2.45) is 4.99 Å². The predicted octanol–water partition coefficient (Wildman–Crippen LogP) is 3.83. The molecule has 1 aliphatic rings. The summed E-state index contributed by atoms with van der Waals surface area (Å²) >= 11 is 0. The molecular weight excluding hydrogens is 250 g/mol. The monoisotopic (exact) mass is 275 g/mol. The molecule has 0 saturated carbocycles. The lowest BCUT2D eigenvalue weighted by atomic mass is 10.1. The van der Waals surface area contributed by atoms with Crippen LogP contribution in [0.1, 0.15) is 46.0 Å². The third-order valence-corrected chi connectivity index (χ3v) is 3.51. The molecule has 0 amide bonds. The summed E-state index contributed by atoms with van der Waals surface area (Å²) in [5, 5.41) is 3.39. The molecule has 0 spiro atoms. The van der Waals surface area contributed by atoms with E-state index >= 15 is 0 Å². The number of hydrogen-bond donors (Lipinski definition) is 2. The van der Waals surface area contributed by atoms with Gasteiger partial charge in [0.2, 0.25) is 0 Å². The van der Waals surface area contributed by atoms with E-state index in [2.05, 4.69) is 24.2 Å². The van der Waals surface area contributed by atoms with Crippen LogP contribution < -0.4 is 15.8 Å². The normalized spacial score (nSPS) is 19.3. The number of nitrogens with two attached hydrogens (primary N) is 1. The summed E-state index contributed by atoms with van der Waals surface area (Å²) in [6, 6.07) is 5.69. The molecule has 3 N–H and O–H groups in total. The molecule has 0 aliphatic carbocycles. The van der Waals surface area contributed by atoms with Crippen molar-refractivity contribution in [2.45, 2.75) is 52.1 Å². The number of nitrogen functional groups attached to an aromatic ring is 1. The van der Waals surface area contributed by atoms with E-state index in [-0.39, 0.29) is 6.10 Å². The highest BCUT2D eigenvalue weighted by Crippen LogP contribution is 2.32. The van der Waals surface area contributed by atoms with E-state index < -0.39 is 0 Å². The minimum Gasteiger partial charge on any atom is -0.480 e. The Balaban J connectivity index is 2.02. The Hall–Kier alpha value is -1.71. The second-order valence-electron chi connectivity index (χ2n) is 5.22. The average molecular weight is 275 g/mol. The minimum absolute atomic E-state index is 0.00970. The zero-order chi connectivity index (χ0) is 14.4. The first-order valence-corrected chi connectivity index (χ1v) is 7.62. The molecule has 1 atom stereocenters. The van der Waals surface area contributed by atoms with Crippen LogP contribution in [0.3, 0.4) is 0 Å². The van der Waals surface area contributed by atoms with Gasteiger partial charge in [-0.05, 0) is 25.0 Å². The Labute approximate surface area is 121 Å². The smallest absolute Gasteiger partial charge is 0.155 e. The standard InChI is InChI=1S/C16H25N3O/c1-3-5-6-7-10-18-16-14(4-2)20-15-11-12(17)8-9-13(15)19-16/h8-9,11,14H,3-7,10,17H2,1-2H3,(H,18,19). The summed E-state index contributed by atoms with van der Waals surface area (Å²) in [5.41, 5.74) is 7.47. The number of benzene rings is 1. The lowest BCUT2D eigenvalue weighted by Crippen LogP contribution is -2.37. The molecule has 1 aliphatic heterocycles. The molecule has 2 rings (SSSR count). The van der Waals surface area contributed by atoms with Crippen molar-refractivity contribution in [1.29, 1.82) is 0 Å². The van der Waals surface area contributed by atoms with Crippen molar-refractivity contribution < 1.29 is 4.74 Å². The van der Waals surface area contributed by atoms with Gasteiger partial charge in [-0.2, -0.15) is 0 Å². The van der Waals surface area contributed by atoms with E-state index in [4.69, 9.17) is 10.5 Å². The Morgan fingerprint density at radius 3 is 2.85 bits per heavy atom. The third-order valence-electron chi connectivity index (χ3n) is 3.51. The average Bonchev–Trinajstić information content (AvgIpc) is 2.46. The largest absolute Gasteiger partial charge is 0.480 e. The van der Waals surface area contributed by atoms with Crippen molar-refractivity contribution in [1.82, 2.24) is 0 Å². The quantitative estimate of drug-likeness (QED) is 0.612. The highest BCUT2D eigenvalue weighted by Gasteiger charge is 2.24. The zero-order valence-electron chi connectivity index (χ0n) is 12.5. The highest BCUT2D eigenvalue weighted by molar-refractivity contribution is 6.02. The minimum atomic E-state index is 0.00970. The van der Waals surface area contributed by atoms with Crippen LogP contribution >= 0.6 is 0 Å². The maximum absolute atomic E-state index is 5.98. The number of aliphatic imine (C=N–C) groups is 1. The zero-order valence-corrected chi connectivity index (χ0v) is 12.5. The number of ether oxygens (including phenoxy) is 1. The molecule has 1 unspecified atom stereocenters. The van der Waals surface area contributed by atoms with Crippen LogP contribution in [0.5, 0.6) is 5.75 Å². The fourth-order valence-electron chi connectivity index (χ4n) is 2.32. The summed E-state index contributed by atoms with van der Waals surface area (Å²) in [7, 11) is 0. The molecular formula is C16H25N3O. The topological polar surface area (TPSA) is 59.6 Å². The van der Waals surface area contributed by atoms with Gasteiger partial charge in [-0.15, -0.1) is 0 Å². The number of nitrogens with one attached hydrogen (secondary N) is 1. The number of rotatable bonds is 6. The van der Waals surface area contributed by atoms with E-state index in [1.807, 2.05) is 18.2 Å². The molecule has 1 aromatic carbocycles. The van der Waals surface area contributed by atoms with Crippen LogP contribution in [0.4, 0.5) is 11.4 Å². The van der Waals surface area contributed by atoms with Crippen LogP contribution in [-0.2, 0) is 0 Å². The van der Waals surface area contributed by atoms with Crippen molar-refractivity contribution in [2.75, 3.05) is 17.6 Å². The van der Waals surface area contributed by atoms with Crippen LogP contribution in [0.2, 0.25) is 0 Å². The summed E-state index contributed by atoms with van der Waals surface area (Å²) in [6.07, 6.45) is 5.84. The number of fused-ring (bicyclic) bond motifs is 1. The fraction of sp³-hybridized carbons (Fsp3) is 0.562. The lowest BCUT2D eigenvalue weighted by Gasteiger charge is -2.28. The second kappa shape index (κ2) is 7.17. The van der Waals surface area contributed by atoms with E-state index in [1.165, 1.54) is 19.3 Å². The first-order chi connectivity index (χ1) is 9.74. The summed E-state index contributed by atoms with van der Waals surface area (Å²) < 4.78 is 5.98. The van der Waals surface area contributed by atoms with Gasteiger partial charge in [0.25, 0.3) is 0 Å². The molecule has 0 saturated heterocycles. The fourth-order valence-corrected chi connectivity index (χ4v) is 2.32. The Morgan fingerprint density at radius 1 is 1.25 bits per heavy atom. The molecule has 0 bridgehead atoms. The lowest BCUT2D eigenvalue weighted by molar-refractivity contribution is 0.258. The maximum Gasteiger partial charge on any atom is 0.155 e. The summed E-state index contributed by atoms with van der Waals surface area (Å²) in [5.74, 6) is 1.77. The van der Waals surface area contributed by atoms with Crippen molar-refractivity contribution in [3.8, 4) is 5.75 Å². The van der Waals surface area contributed by atoms with Gasteiger partial charge < -0.3 is 15.8 Å². The highest BCUT2D eigenvalue weighted by atomic mass is 16.5. The number of anilines is 2. The first-order valence-electron chi connectivity index (χ1n) is 7.62. The van der Waals surface area contributed by atoms with Gasteiger partial charge in [-0.3, -0.25) is 4.99 Å². The molecule has 20 heavy (non-hydrogen) atoms. The third kappa shape index (κ3) is 3.65. The van der Waals surface area contributed by atoms with Gasteiger partial charge in [-0.1, -0.05) is 33.1 Å². The predicted molar refractivity (Wildman–Crippen MR) is 85.6 cm³/mol. The molecule has 0 radical (unpaired) electrons. The van der Waals surface area contributed by atoms with E-state index in [9.17, 15) is 0 Å². The maximum atomic E-state index is 5.98. The summed E-state index contributed by atoms with van der Waals surface area (Å²) in [6.45, 7) is 5.20. The van der Waals surface area contributed by atoms with E-state index in [0.717, 1.165) is 42.3 Å². The van der Waals surface area contributed by atoms with Crippen molar-refractivity contribution >= 4 is 17.2 Å². The number of unbranched alkanes of at least 4 members (excludes halogenated alkanes) is 3. The van der Waals surface area contributed by atoms with Gasteiger partial charge in [0.1, 0.15) is 11.6 Å². The van der Waals surface area contributed by atoms with E-state index in [0.29, 0.717) is 0 Å². The first kappa shape index (κ1) is 14.7. The molecule has 1 heterocycles. The molecule has 0 aromatic heterocycles. The van der Waals surface area contributed by atoms with Gasteiger partial charge in [0.05, 0.1) is 5.69 Å². The Morgan fingerprint density at radius 2 is 2.10 bits per heavy atom. The Kier molecular flexibility index (Phi) is 5.27. The molecule has 4 nitrogen and oxygen atoms in total. The van der Waals surface area contributed by atoms with Crippen LogP contribution in [-0.4, -0.2) is 18.5 Å². The second-order valence-corrected chi connectivity index (χ2v) is 5.22. The van der Waals surface area contributed by atoms with Crippen molar-refractivity contribution in [3.05, 3.63) is 18.2 Å². The number of amidine groups is 1. The summed E-state index contributed by atoms with van der Waals surface area (Å²) in [4.78, 5) is 4.68. The molecule has 110 valence electrons. The van der Waals surface area contributed by atoms with Gasteiger partial charge >= 0.3 is 0 Å². The molecule has 1 aromatic rings. The van der Waals surface area contributed by atoms with Gasteiger partial charge in [-0.25, -0.2) is 0 Å². The number of hydrogen-bond acceptors (Lipinski definition) is 3. The van der Waals surface area contributed by atoms with Crippen LogP contribution in [0.25, 0.3) is 0 Å². The van der Waals surface area contributed by atoms with Gasteiger partial charge in [0, 0.05) is 18.3 Å². The van der Waals surface area contributed by atoms with Crippen LogP contribution in [0, 0.1) is 0 Å². The van der Waals surface area contributed by atoms with E-state index in [1.54, 1.807) is 0 Å². The number of nitrogens with zero attached hydrogens (tertiary/aromatic N) is 1. The Bertz CT molecular complexity index is 471. The van der Waals surface area contributed by atoms with Crippen molar-refractivity contribution in [3.63, 3.8) is 0 Å². The van der Waals surface area contributed by atoms with Crippen LogP contribution in [0.15, 0.2) is 23.2 Å². The molecule has 0 fully saturated rings.